The Morgan fingerprint density at radius 2 is 2.24 bits per heavy atom. The first-order chi connectivity index (χ1) is 10.3. The molecule has 3 rings (SSSR count). The largest absolute Gasteiger partial charge is 0.497 e. The van der Waals surface area contributed by atoms with Gasteiger partial charge in [0.25, 0.3) is 0 Å². The zero-order chi connectivity index (χ0) is 14.7. The Kier molecular flexibility index (Phi) is 4.00. The molecule has 21 heavy (non-hydrogen) atoms. The highest BCUT2D eigenvalue weighted by molar-refractivity contribution is 5.87. The quantitative estimate of drug-likeness (QED) is 0.863. The molecule has 2 aromatic rings. The first-order valence-electron chi connectivity index (χ1n) is 7.37. The molecule has 1 unspecified atom stereocenters. The highest BCUT2D eigenvalue weighted by Gasteiger charge is 2.27. The van der Waals surface area contributed by atoms with Gasteiger partial charge in [-0.15, -0.1) is 0 Å². The van der Waals surface area contributed by atoms with E-state index in [1.54, 1.807) is 13.3 Å². The highest BCUT2D eigenvalue weighted by Crippen LogP contribution is 2.31. The number of carbonyl (C=O) groups excluding carboxylic acids is 1. The predicted octanol–water partition coefficient (Wildman–Crippen LogP) is 3.32. The van der Waals surface area contributed by atoms with Crippen molar-refractivity contribution in [1.29, 1.82) is 0 Å². The van der Waals surface area contributed by atoms with Crippen LogP contribution in [0.1, 0.15) is 35.6 Å². The Balaban J connectivity index is 1.80. The Bertz CT molecular complexity index is 651. The van der Waals surface area contributed by atoms with Gasteiger partial charge >= 0.3 is 0 Å². The molecular formula is C18H19NO2. The Morgan fingerprint density at radius 1 is 1.33 bits per heavy atom. The molecule has 1 aliphatic carbocycles. The van der Waals surface area contributed by atoms with E-state index in [0.29, 0.717) is 6.42 Å². The second-order valence-electron chi connectivity index (χ2n) is 5.49. The molecule has 1 aromatic heterocycles. The van der Waals surface area contributed by atoms with Gasteiger partial charge in [-0.25, -0.2) is 0 Å². The van der Waals surface area contributed by atoms with E-state index >= 15 is 0 Å². The van der Waals surface area contributed by atoms with E-state index in [1.165, 1.54) is 5.56 Å². The molecule has 0 bridgehead atoms. The van der Waals surface area contributed by atoms with E-state index in [0.717, 1.165) is 36.3 Å². The van der Waals surface area contributed by atoms with Crippen LogP contribution in [0.25, 0.3) is 0 Å². The van der Waals surface area contributed by atoms with Crippen molar-refractivity contribution in [2.24, 2.45) is 0 Å². The van der Waals surface area contributed by atoms with E-state index in [-0.39, 0.29) is 11.7 Å². The van der Waals surface area contributed by atoms with Gasteiger partial charge in [-0.3, -0.25) is 9.78 Å². The minimum atomic E-state index is -0.0545. The van der Waals surface area contributed by atoms with Crippen LogP contribution in [0.5, 0.6) is 5.75 Å². The Labute approximate surface area is 125 Å². The molecule has 0 fully saturated rings. The van der Waals surface area contributed by atoms with Crippen molar-refractivity contribution in [3.8, 4) is 5.75 Å². The smallest absolute Gasteiger partial charge is 0.146 e. The van der Waals surface area contributed by atoms with Gasteiger partial charge in [0.15, 0.2) is 0 Å². The third-order valence-electron chi connectivity index (χ3n) is 4.10. The van der Waals surface area contributed by atoms with E-state index in [9.17, 15) is 4.79 Å². The Hall–Kier alpha value is -2.16. The van der Waals surface area contributed by atoms with Crippen LogP contribution in [-0.4, -0.2) is 17.9 Å². The molecule has 0 N–H and O–H groups in total. The van der Waals surface area contributed by atoms with Gasteiger partial charge in [-0.2, -0.15) is 0 Å². The molecule has 0 saturated heterocycles. The fraction of sp³-hybridized carbons (Fsp3) is 0.333. The molecule has 108 valence electrons. The number of ether oxygens (including phenoxy) is 1. The molecule has 0 saturated carbocycles. The average molecular weight is 281 g/mol. The number of aromatic nitrogens is 1. The third kappa shape index (κ3) is 2.97. The third-order valence-corrected chi connectivity index (χ3v) is 4.10. The molecule has 1 heterocycles. The van der Waals surface area contributed by atoms with Gasteiger partial charge in [-0.1, -0.05) is 18.2 Å². The van der Waals surface area contributed by atoms with Crippen LogP contribution in [0.15, 0.2) is 42.6 Å². The Morgan fingerprint density at radius 3 is 3.10 bits per heavy atom. The fourth-order valence-corrected chi connectivity index (χ4v) is 3.03. The van der Waals surface area contributed by atoms with Crippen LogP contribution in [-0.2, 0) is 17.6 Å². The number of pyridine rings is 1. The zero-order valence-electron chi connectivity index (χ0n) is 12.2. The molecule has 3 heteroatoms. The molecule has 1 atom stereocenters. The topological polar surface area (TPSA) is 39.2 Å². The number of nitrogens with zero attached hydrogens (tertiary/aromatic N) is 1. The summed E-state index contributed by atoms with van der Waals surface area (Å²) < 4.78 is 5.21. The number of ketones is 1. The number of rotatable bonds is 4. The van der Waals surface area contributed by atoms with Crippen molar-refractivity contribution in [2.45, 2.75) is 31.6 Å². The summed E-state index contributed by atoms with van der Waals surface area (Å²) in [4.78, 5) is 17.1. The van der Waals surface area contributed by atoms with Gasteiger partial charge < -0.3 is 4.74 Å². The molecule has 0 aliphatic heterocycles. The summed E-state index contributed by atoms with van der Waals surface area (Å²) in [6.07, 6.45) is 5.24. The number of methoxy groups -OCH3 is 1. The van der Waals surface area contributed by atoms with Crippen molar-refractivity contribution in [3.63, 3.8) is 0 Å². The lowest BCUT2D eigenvalue weighted by Crippen LogP contribution is -2.21. The van der Waals surface area contributed by atoms with Crippen LogP contribution < -0.4 is 4.74 Å². The van der Waals surface area contributed by atoms with Gasteiger partial charge in [0.2, 0.25) is 0 Å². The van der Waals surface area contributed by atoms with Crippen molar-refractivity contribution in [3.05, 3.63) is 59.4 Å². The average Bonchev–Trinajstić information content (AvgIpc) is 2.54. The van der Waals surface area contributed by atoms with E-state index < -0.39 is 0 Å². The molecule has 0 amide bonds. The number of aryl methyl sites for hydroxylation is 1. The summed E-state index contributed by atoms with van der Waals surface area (Å²) in [5.74, 6) is 0.992. The number of Topliss-reactive ketones (excluding diaryl/α,β-unsaturated/α-hetero) is 1. The molecular weight excluding hydrogens is 262 g/mol. The van der Waals surface area contributed by atoms with Crippen molar-refractivity contribution >= 4 is 5.78 Å². The van der Waals surface area contributed by atoms with Crippen molar-refractivity contribution in [2.75, 3.05) is 7.11 Å². The van der Waals surface area contributed by atoms with Crippen LogP contribution in [0.3, 0.4) is 0 Å². The van der Waals surface area contributed by atoms with Gasteiger partial charge in [0.1, 0.15) is 11.5 Å². The summed E-state index contributed by atoms with van der Waals surface area (Å²) in [5.41, 5.74) is 3.21. The number of carbonyl (C=O) groups is 1. The maximum absolute atomic E-state index is 12.6. The number of hydrogen-bond donors (Lipinski definition) is 0. The SMILES string of the molecule is COc1cccc(CC(=O)C2CCCc3cccnc32)c1. The van der Waals surface area contributed by atoms with Gasteiger partial charge in [0.05, 0.1) is 18.7 Å². The van der Waals surface area contributed by atoms with Crippen LogP contribution in [0.4, 0.5) is 0 Å². The van der Waals surface area contributed by atoms with Crippen molar-refractivity contribution < 1.29 is 9.53 Å². The first-order valence-corrected chi connectivity index (χ1v) is 7.37. The predicted molar refractivity (Wildman–Crippen MR) is 81.6 cm³/mol. The summed E-state index contributed by atoms with van der Waals surface area (Å²) in [5, 5.41) is 0. The minimum Gasteiger partial charge on any atom is -0.497 e. The second kappa shape index (κ2) is 6.08. The molecule has 1 aliphatic rings. The van der Waals surface area contributed by atoms with Gasteiger partial charge in [0, 0.05) is 12.6 Å². The fourth-order valence-electron chi connectivity index (χ4n) is 3.03. The number of benzene rings is 1. The van der Waals surface area contributed by atoms with Gasteiger partial charge in [-0.05, 0) is 48.6 Å². The first kappa shape index (κ1) is 13.8. The van der Waals surface area contributed by atoms with E-state index in [2.05, 4.69) is 11.1 Å². The molecule has 1 aromatic carbocycles. The van der Waals surface area contributed by atoms with Crippen LogP contribution in [0, 0.1) is 0 Å². The summed E-state index contributed by atoms with van der Waals surface area (Å²) in [6, 6.07) is 11.8. The van der Waals surface area contributed by atoms with Crippen LogP contribution >= 0.6 is 0 Å². The molecule has 0 spiro atoms. The number of hydrogen-bond acceptors (Lipinski definition) is 3. The summed E-state index contributed by atoms with van der Waals surface area (Å²) >= 11 is 0. The second-order valence-corrected chi connectivity index (χ2v) is 5.49. The maximum Gasteiger partial charge on any atom is 0.146 e. The maximum atomic E-state index is 12.6. The molecule has 3 nitrogen and oxygen atoms in total. The molecule has 0 radical (unpaired) electrons. The monoisotopic (exact) mass is 281 g/mol. The highest BCUT2D eigenvalue weighted by atomic mass is 16.5. The van der Waals surface area contributed by atoms with E-state index in [4.69, 9.17) is 4.74 Å². The van der Waals surface area contributed by atoms with Crippen LogP contribution in [0.2, 0.25) is 0 Å². The standard InChI is InChI=1S/C18H19NO2/c1-21-15-8-2-5-13(11-15)12-17(20)16-9-3-6-14-7-4-10-19-18(14)16/h2,4-5,7-8,10-11,16H,3,6,9,12H2,1H3. The lowest BCUT2D eigenvalue weighted by Gasteiger charge is -2.23. The lowest BCUT2D eigenvalue weighted by molar-refractivity contribution is -0.120. The number of fused-ring (bicyclic) bond motifs is 1. The lowest BCUT2D eigenvalue weighted by atomic mass is 9.82. The summed E-state index contributed by atoms with van der Waals surface area (Å²) in [7, 11) is 1.64. The summed E-state index contributed by atoms with van der Waals surface area (Å²) in [6.45, 7) is 0. The zero-order valence-corrected chi connectivity index (χ0v) is 12.2. The minimum absolute atomic E-state index is 0.0545. The normalized spacial score (nSPS) is 17.1. The van der Waals surface area contributed by atoms with E-state index in [1.807, 2.05) is 30.3 Å². The van der Waals surface area contributed by atoms with Crippen molar-refractivity contribution in [1.82, 2.24) is 4.98 Å².